The van der Waals surface area contributed by atoms with E-state index in [2.05, 4.69) is 4.74 Å². The molecule has 0 bridgehead atoms. The fourth-order valence-corrected chi connectivity index (χ4v) is 2.13. The predicted molar refractivity (Wildman–Crippen MR) is 60.3 cm³/mol. The number of rotatable bonds is 3. The van der Waals surface area contributed by atoms with Gasteiger partial charge in [0.1, 0.15) is 5.82 Å². The van der Waals surface area contributed by atoms with Gasteiger partial charge in [0.2, 0.25) is 0 Å². The van der Waals surface area contributed by atoms with Crippen molar-refractivity contribution in [3.63, 3.8) is 0 Å². The van der Waals surface area contributed by atoms with E-state index in [0.29, 0.717) is 12.2 Å². The molecule has 0 radical (unpaired) electrons. The van der Waals surface area contributed by atoms with Crippen molar-refractivity contribution in [1.82, 2.24) is 0 Å². The third kappa shape index (κ3) is 2.82. The highest BCUT2D eigenvalue weighted by Crippen LogP contribution is 2.28. The van der Waals surface area contributed by atoms with E-state index in [0.717, 1.165) is 18.6 Å². The Morgan fingerprint density at radius 2 is 2.41 bits per heavy atom. The number of hydrogen-bond donors (Lipinski definition) is 0. The average Bonchev–Trinajstić information content (AvgIpc) is 2.82. The lowest BCUT2D eigenvalue weighted by Gasteiger charge is -2.13. The Kier molecular flexibility index (Phi) is 3.74. The van der Waals surface area contributed by atoms with E-state index in [1.54, 1.807) is 6.07 Å². The Balaban J connectivity index is 2.26. The topological polar surface area (TPSA) is 35.5 Å². The van der Waals surface area contributed by atoms with E-state index < -0.39 is 0 Å². The molecule has 0 spiro atoms. The lowest BCUT2D eigenvalue weighted by atomic mass is 9.92. The van der Waals surface area contributed by atoms with Crippen LogP contribution in [0.4, 0.5) is 4.39 Å². The number of hydrogen-bond acceptors (Lipinski definition) is 3. The maximum Gasteiger partial charge on any atom is 0.309 e. The standard InChI is InChI=1S/C13H15FO3/c1-16-13(15)7-10-6-11(14)2-3-12(10)9-4-5-17-8-9/h2-3,6,9H,4-5,7-8H2,1H3. The molecule has 0 N–H and O–H groups in total. The molecule has 17 heavy (non-hydrogen) atoms. The third-order valence-corrected chi connectivity index (χ3v) is 3.04. The van der Waals surface area contributed by atoms with E-state index >= 15 is 0 Å². The summed E-state index contributed by atoms with van der Waals surface area (Å²) >= 11 is 0. The van der Waals surface area contributed by atoms with Gasteiger partial charge in [-0.1, -0.05) is 6.07 Å². The molecule has 3 nitrogen and oxygen atoms in total. The van der Waals surface area contributed by atoms with Gasteiger partial charge in [0, 0.05) is 12.5 Å². The molecule has 1 aromatic carbocycles. The van der Waals surface area contributed by atoms with E-state index in [4.69, 9.17) is 4.74 Å². The fraction of sp³-hybridized carbons (Fsp3) is 0.462. The smallest absolute Gasteiger partial charge is 0.309 e. The number of carbonyl (C=O) groups is 1. The van der Waals surface area contributed by atoms with Crippen LogP contribution in [-0.4, -0.2) is 26.3 Å². The number of halogens is 1. The zero-order chi connectivity index (χ0) is 12.3. The van der Waals surface area contributed by atoms with Crippen molar-refractivity contribution < 1.29 is 18.7 Å². The van der Waals surface area contributed by atoms with Gasteiger partial charge in [0.25, 0.3) is 0 Å². The second-order valence-electron chi connectivity index (χ2n) is 4.16. The molecule has 0 saturated carbocycles. The van der Waals surface area contributed by atoms with E-state index in [1.807, 2.05) is 0 Å². The summed E-state index contributed by atoms with van der Waals surface area (Å²) < 4.78 is 23.1. The Hall–Kier alpha value is -1.42. The summed E-state index contributed by atoms with van der Waals surface area (Å²) in [4.78, 5) is 11.3. The first-order chi connectivity index (χ1) is 8.20. The van der Waals surface area contributed by atoms with Crippen LogP contribution in [0.15, 0.2) is 18.2 Å². The van der Waals surface area contributed by atoms with Crippen LogP contribution in [0.3, 0.4) is 0 Å². The van der Waals surface area contributed by atoms with Crippen molar-refractivity contribution in [3.05, 3.63) is 35.1 Å². The van der Waals surface area contributed by atoms with Crippen molar-refractivity contribution in [2.75, 3.05) is 20.3 Å². The van der Waals surface area contributed by atoms with Gasteiger partial charge in [-0.25, -0.2) is 4.39 Å². The van der Waals surface area contributed by atoms with E-state index in [1.165, 1.54) is 19.2 Å². The highest BCUT2D eigenvalue weighted by molar-refractivity contribution is 5.73. The minimum Gasteiger partial charge on any atom is -0.469 e. The molecule has 1 atom stereocenters. The molecule has 1 aliphatic heterocycles. The summed E-state index contributed by atoms with van der Waals surface area (Å²) in [6.45, 7) is 1.36. The number of esters is 1. The normalized spacial score (nSPS) is 19.3. The first-order valence-electron chi connectivity index (χ1n) is 5.63. The summed E-state index contributed by atoms with van der Waals surface area (Å²) in [6.07, 6.45) is 1.03. The van der Waals surface area contributed by atoms with Crippen molar-refractivity contribution in [1.29, 1.82) is 0 Å². The van der Waals surface area contributed by atoms with Crippen LogP contribution in [0, 0.1) is 5.82 Å². The maximum absolute atomic E-state index is 13.2. The summed E-state index contributed by atoms with van der Waals surface area (Å²) in [5.74, 6) is -0.419. The van der Waals surface area contributed by atoms with Crippen LogP contribution in [0.5, 0.6) is 0 Å². The molecule has 1 aliphatic rings. The van der Waals surface area contributed by atoms with Crippen LogP contribution in [0.25, 0.3) is 0 Å². The van der Waals surface area contributed by atoms with Gasteiger partial charge in [-0.15, -0.1) is 0 Å². The SMILES string of the molecule is COC(=O)Cc1cc(F)ccc1C1CCOC1. The minimum absolute atomic E-state index is 0.111. The molecule has 1 unspecified atom stereocenters. The van der Waals surface area contributed by atoms with Crippen LogP contribution < -0.4 is 0 Å². The van der Waals surface area contributed by atoms with Gasteiger partial charge in [0.05, 0.1) is 20.1 Å². The summed E-state index contributed by atoms with van der Waals surface area (Å²) in [5, 5.41) is 0. The van der Waals surface area contributed by atoms with Crippen molar-refractivity contribution in [3.8, 4) is 0 Å². The third-order valence-electron chi connectivity index (χ3n) is 3.04. The van der Waals surface area contributed by atoms with Gasteiger partial charge in [-0.3, -0.25) is 4.79 Å². The van der Waals surface area contributed by atoms with Crippen molar-refractivity contribution in [2.24, 2.45) is 0 Å². The van der Waals surface area contributed by atoms with Gasteiger partial charge in [0.15, 0.2) is 0 Å². The number of methoxy groups -OCH3 is 1. The molecule has 0 aromatic heterocycles. The average molecular weight is 238 g/mol. The highest BCUT2D eigenvalue weighted by Gasteiger charge is 2.21. The minimum atomic E-state index is -0.351. The molecule has 4 heteroatoms. The monoisotopic (exact) mass is 238 g/mol. The Morgan fingerprint density at radius 1 is 1.59 bits per heavy atom. The van der Waals surface area contributed by atoms with Crippen LogP contribution in [-0.2, 0) is 20.7 Å². The van der Waals surface area contributed by atoms with Crippen LogP contribution >= 0.6 is 0 Å². The fourth-order valence-electron chi connectivity index (χ4n) is 2.13. The molecule has 1 aromatic rings. The molecule has 1 saturated heterocycles. The molecule has 1 heterocycles. The zero-order valence-electron chi connectivity index (χ0n) is 9.74. The van der Waals surface area contributed by atoms with Gasteiger partial charge in [-0.05, 0) is 29.7 Å². The van der Waals surface area contributed by atoms with E-state index in [-0.39, 0.29) is 24.1 Å². The quantitative estimate of drug-likeness (QED) is 0.756. The van der Waals surface area contributed by atoms with Crippen molar-refractivity contribution in [2.45, 2.75) is 18.8 Å². The summed E-state index contributed by atoms with van der Waals surface area (Å²) in [7, 11) is 1.33. The summed E-state index contributed by atoms with van der Waals surface area (Å²) in [6, 6.07) is 4.58. The Morgan fingerprint density at radius 3 is 3.06 bits per heavy atom. The summed E-state index contributed by atoms with van der Waals surface area (Å²) in [5.41, 5.74) is 1.70. The second-order valence-corrected chi connectivity index (χ2v) is 4.16. The molecule has 0 aliphatic carbocycles. The second kappa shape index (κ2) is 5.27. The predicted octanol–water partition coefficient (Wildman–Crippen LogP) is 2.05. The molecule has 92 valence electrons. The lowest BCUT2D eigenvalue weighted by molar-refractivity contribution is -0.139. The number of ether oxygens (including phenoxy) is 2. The Bertz CT molecular complexity index is 411. The van der Waals surface area contributed by atoms with Gasteiger partial charge >= 0.3 is 5.97 Å². The van der Waals surface area contributed by atoms with E-state index in [9.17, 15) is 9.18 Å². The van der Waals surface area contributed by atoms with Crippen LogP contribution in [0.2, 0.25) is 0 Å². The first-order valence-corrected chi connectivity index (χ1v) is 5.63. The molecule has 1 fully saturated rings. The number of carbonyl (C=O) groups excluding carboxylic acids is 1. The lowest BCUT2D eigenvalue weighted by Crippen LogP contribution is -2.10. The number of benzene rings is 1. The van der Waals surface area contributed by atoms with Crippen LogP contribution in [0.1, 0.15) is 23.5 Å². The van der Waals surface area contributed by atoms with Gasteiger partial charge in [-0.2, -0.15) is 0 Å². The molecular formula is C13H15FO3. The zero-order valence-corrected chi connectivity index (χ0v) is 9.74. The molecular weight excluding hydrogens is 223 g/mol. The molecule has 0 amide bonds. The Labute approximate surface area is 99.5 Å². The highest BCUT2D eigenvalue weighted by atomic mass is 19.1. The van der Waals surface area contributed by atoms with Gasteiger partial charge < -0.3 is 9.47 Å². The van der Waals surface area contributed by atoms with Crippen molar-refractivity contribution >= 4 is 5.97 Å². The largest absolute Gasteiger partial charge is 0.469 e. The first kappa shape index (κ1) is 12.0. The maximum atomic E-state index is 13.2. The molecule has 2 rings (SSSR count).